The number of benzene rings is 1. The number of aliphatic hydroxyl groups excluding tert-OH is 1. The first-order valence-corrected chi connectivity index (χ1v) is 9.06. The molecule has 3 saturated heterocycles. The minimum Gasteiger partial charge on any atom is -0.489 e. The third-order valence-electron chi connectivity index (χ3n) is 5.57. The molecule has 0 radical (unpaired) electrons. The molecule has 9 nitrogen and oxygen atoms in total. The number of hydrogen-bond acceptors (Lipinski definition) is 7. The Morgan fingerprint density at radius 2 is 2.04 bits per heavy atom. The van der Waals surface area contributed by atoms with Crippen LogP contribution in [0.15, 0.2) is 18.2 Å². The molecule has 2 amide bonds. The average molecular weight is 376 g/mol. The summed E-state index contributed by atoms with van der Waals surface area (Å²) in [4.78, 5) is 28.0. The molecule has 0 saturated carbocycles. The van der Waals surface area contributed by atoms with E-state index in [9.17, 15) is 14.7 Å². The molecular weight excluding hydrogens is 356 g/mol. The maximum Gasteiger partial charge on any atom is 0.415 e. The highest BCUT2D eigenvalue weighted by Gasteiger charge is 2.47. The molecule has 144 valence electrons. The molecule has 3 fully saturated rings. The van der Waals surface area contributed by atoms with Gasteiger partial charge in [-0.15, -0.1) is 0 Å². The van der Waals surface area contributed by atoms with Crippen molar-refractivity contribution in [1.29, 1.82) is 0 Å². The first kappa shape index (κ1) is 16.8. The molecule has 5 rings (SSSR count). The Bertz CT molecular complexity index is 792. The Balaban J connectivity index is 1.39. The van der Waals surface area contributed by atoms with E-state index >= 15 is 0 Å². The molecule has 0 unspecified atom stereocenters. The van der Waals surface area contributed by atoms with Crippen molar-refractivity contribution in [2.24, 2.45) is 0 Å². The number of nitrogens with zero attached hydrogens (tertiary/aromatic N) is 2. The van der Waals surface area contributed by atoms with Gasteiger partial charge in [0.1, 0.15) is 18.4 Å². The highest BCUT2D eigenvalue weighted by molar-refractivity contribution is 5.97. The van der Waals surface area contributed by atoms with Crippen molar-refractivity contribution < 1.29 is 33.6 Å². The highest BCUT2D eigenvalue weighted by atomic mass is 16.7. The van der Waals surface area contributed by atoms with Crippen LogP contribution >= 0.6 is 0 Å². The van der Waals surface area contributed by atoms with E-state index in [0.29, 0.717) is 43.3 Å². The number of carbonyl (C=O) groups excluding carboxylic acids is 2. The standard InChI is InChI=1S/C18H20N2O7/c21-9-15-13-10-24-14-7-11(1-2-12(14)20(13)17(23)27-15)19-4-3-18(8-16(19)22)25-5-6-26-18/h1-2,7,13,15,21H,3-6,8-10H2/t13-,15-/m0/s1. The second-order valence-electron chi connectivity index (χ2n) is 7.08. The van der Waals surface area contributed by atoms with Gasteiger partial charge in [-0.1, -0.05) is 0 Å². The molecule has 27 heavy (non-hydrogen) atoms. The number of amides is 2. The maximum atomic E-state index is 12.7. The molecule has 0 bridgehead atoms. The molecular formula is C18H20N2O7. The van der Waals surface area contributed by atoms with E-state index in [1.165, 1.54) is 4.90 Å². The fourth-order valence-electron chi connectivity index (χ4n) is 4.18. The lowest BCUT2D eigenvalue weighted by Crippen LogP contribution is -2.49. The number of ether oxygens (including phenoxy) is 4. The lowest BCUT2D eigenvalue weighted by atomic mass is 10.0. The summed E-state index contributed by atoms with van der Waals surface area (Å²) in [5, 5.41) is 9.38. The predicted molar refractivity (Wildman–Crippen MR) is 91.8 cm³/mol. The zero-order chi connectivity index (χ0) is 18.6. The minimum atomic E-state index is -0.774. The van der Waals surface area contributed by atoms with E-state index in [-0.39, 0.29) is 31.6 Å². The predicted octanol–water partition coefficient (Wildman–Crippen LogP) is 0.635. The molecule has 4 heterocycles. The summed E-state index contributed by atoms with van der Waals surface area (Å²) in [5.41, 5.74) is 1.29. The van der Waals surface area contributed by atoms with Crippen molar-refractivity contribution in [3.05, 3.63) is 18.2 Å². The van der Waals surface area contributed by atoms with Crippen molar-refractivity contribution in [1.82, 2.24) is 0 Å². The summed E-state index contributed by atoms with van der Waals surface area (Å²) >= 11 is 0. The summed E-state index contributed by atoms with van der Waals surface area (Å²) in [6.07, 6.45) is -0.307. The SMILES string of the molecule is O=C1CC2(CCN1c1ccc3c(c1)OC[C@H]1[C@H](CO)OC(=O)N31)OCCO2. The van der Waals surface area contributed by atoms with Crippen LogP contribution in [0.1, 0.15) is 12.8 Å². The van der Waals surface area contributed by atoms with E-state index in [2.05, 4.69) is 0 Å². The molecule has 1 N–H and O–H groups in total. The van der Waals surface area contributed by atoms with E-state index in [0.717, 1.165) is 0 Å². The van der Waals surface area contributed by atoms with Crippen molar-refractivity contribution in [3.63, 3.8) is 0 Å². The lowest BCUT2D eigenvalue weighted by molar-refractivity contribution is -0.177. The van der Waals surface area contributed by atoms with Crippen LogP contribution in [0, 0.1) is 0 Å². The zero-order valence-corrected chi connectivity index (χ0v) is 14.6. The van der Waals surface area contributed by atoms with Gasteiger partial charge in [0.2, 0.25) is 5.91 Å². The van der Waals surface area contributed by atoms with Gasteiger partial charge in [-0.2, -0.15) is 0 Å². The molecule has 1 aromatic carbocycles. The van der Waals surface area contributed by atoms with Gasteiger partial charge in [0.15, 0.2) is 11.9 Å². The van der Waals surface area contributed by atoms with Crippen LogP contribution in [0.5, 0.6) is 5.75 Å². The van der Waals surface area contributed by atoms with E-state index < -0.39 is 18.0 Å². The van der Waals surface area contributed by atoms with Crippen molar-refractivity contribution in [2.75, 3.05) is 42.8 Å². The molecule has 4 aliphatic rings. The average Bonchev–Trinajstić information content (AvgIpc) is 3.25. The lowest BCUT2D eigenvalue weighted by Gasteiger charge is -2.37. The van der Waals surface area contributed by atoms with Gasteiger partial charge < -0.3 is 29.0 Å². The Morgan fingerprint density at radius 3 is 2.78 bits per heavy atom. The quantitative estimate of drug-likeness (QED) is 0.809. The normalized spacial score (nSPS) is 28.8. The first-order valence-electron chi connectivity index (χ1n) is 9.06. The second kappa shape index (κ2) is 6.08. The topological polar surface area (TPSA) is 97.8 Å². The molecule has 2 atom stereocenters. The van der Waals surface area contributed by atoms with Gasteiger partial charge in [0.25, 0.3) is 0 Å². The largest absolute Gasteiger partial charge is 0.489 e. The second-order valence-corrected chi connectivity index (χ2v) is 7.08. The first-order chi connectivity index (χ1) is 13.1. The zero-order valence-electron chi connectivity index (χ0n) is 14.6. The van der Waals surface area contributed by atoms with Crippen LogP contribution in [0.25, 0.3) is 0 Å². The van der Waals surface area contributed by atoms with Gasteiger partial charge >= 0.3 is 6.09 Å². The molecule has 0 aliphatic carbocycles. The number of carbonyl (C=O) groups is 2. The smallest absolute Gasteiger partial charge is 0.415 e. The van der Waals surface area contributed by atoms with Crippen LogP contribution in [-0.4, -0.2) is 68.0 Å². The third-order valence-corrected chi connectivity index (χ3v) is 5.57. The number of cyclic esters (lactones) is 1. The maximum absolute atomic E-state index is 12.7. The Hall–Kier alpha value is -2.36. The van der Waals surface area contributed by atoms with Gasteiger partial charge in [-0.05, 0) is 12.1 Å². The fraction of sp³-hybridized carbons (Fsp3) is 0.556. The van der Waals surface area contributed by atoms with E-state index in [1.54, 1.807) is 23.1 Å². The number of anilines is 2. The molecule has 0 aromatic heterocycles. The molecule has 9 heteroatoms. The number of hydrogen-bond donors (Lipinski definition) is 1. The third kappa shape index (κ3) is 2.57. The van der Waals surface area contributed by atoms with Crippen LogP contribution in [0.3, 0.4) is 0 Å². The summed E-state index contributed by atoms with van der Waals surface area (Å²) in [6.45, 7) is 1.49. The van der Waals surface area contributed by atoms with Crippen molar-refractivity contribution in [3.8, 4) is 5.75 Å². The van der Waals surface area contributed by atoms with Crippen LogP contribution < -0.4 is 14.5 Å². The van der Waals surface area contributed by atoms with Crippen LogP contribution in [0.4, 0.5) is 16.2 Å². The number of rotatable bonds is 2. The molecule has 1 spiro atoms. The van der Waals surface area contributed by atoms with Gasteiger partial charge in [-0.25, -0.2) is 4.79 Å². The van der Waals surface area contributed by atoms with Gasteiger partial charge in [-0.3, -0.25) is 9.69 Å². The summed E-state index contributed by atoms with van der Waals surface area (Å²) in [6, 6.07) is 4.94. The van der Waals surface area contributed by atoms with Crippen LogP contribution in [-0.2, 0) is 19.0 Å². The summed E-state index contributed by atoms with van der Waals surface area (Å²) in [5.74, 6) is -0.331. The Labute approximate surface area is 155 Å². The highest BCUT2D eigenvalue weighted by Crippen LogP contribution is 2.42. The van der Waals surface area contributed by atoms with E-state index in [1.807, 2.05) is 0 Å². The van der Waals surface area contributed by atoms with Crippen LogP contribution in [0.2, 0.25) is 0 Å². The van der Waals surface area contributed by atoms with Gasteiger partial charge in [0, 0.05) is 24.7 Å². The van der Waals surface area contributed by atoms with E-state index in [4.69, 9.17) is 18.9 Å². The molecule has 4 aliphatic heterocycles. The molecule has 1 aromatic rings. The Kier molecular flexibility index (Phi) is 3.78. The Morgan fingerprint density at radius 1 is 1.22 bits per heavy atom. The van der Waals surface area contributed by atoms with Crippen molar-refractivity contribution >= 4 is 23.4 Å². The fourth-order valence-corrected chi connectivity index (χ4v) is 4.18. The number of piperidine rings is 1. The number of aliphatic hydroxyl groups is 1. The summed E-state index contributed by atoms with van der Waals surface area (Å²) in [7, 11) is 0. The number of fused-ring (bicyclic) bond motifs is 3. The van der Waals surface area contributed by atoms with Gasteiger partial charge in [0.05, 0.1) is 31.9 Å². The summed E-state index contributed by atoms with van der Waals surface area (Å²) < 4.78 is 22.3. The minimum absolute atomic E-state index is 0.0716. The van der Waals surface area contributed by atoms with Crippen molar-refractivity contribution in [2.45, 2.75) is 30.8 Å². The monoisotopic (exact) mass is 376 g/mol.